The van der Waals surface area contributed by atoms with E-state index >= 15 is 0 Å². The Bertz CT molecular complexity index is 524. The van der Waals surface area contributed by atoms with Crippen molar-refractivity contribution in [3.8, 4) is 0 Å². The summed E-state index contributed by atoms with van der Waals surface area (Å²) in [5.41, 5.74) is 7.73. The predicted octanol–water partition coefficient (Wildman–Crippen LogP) is 4.17. The van der Waals surface area contributed by atoms with Crippen LogP contribution in [-0.2, 0) is 4.74 Å². The minimum atomic E-state index is -0.0603. The van der Waals surface area contributed by atoms with Crippen LogP contribution in [0, 0.1) is 0 Å². The van der Waals surface area contributed by atoms with Crippen molar-refractivity contribution in [3.63, 3.8) is 0 Å². The minimum Gasteiger partial charge on any atom is -0.375 e. The van der Waals surface area contributed by atoms with Gasteiger partial charge in [0.25, 0.3) is 0 Å². The molecule has 1 atom stereocenters. The molecule has 22 heavy (non-hydrogen) atoms. The highest BCUT2D eigenvalue weighted by atomic mass is 127. The molecule has 0 spiro atoms. The maximum Gasteiger partial charge on any atom is 0.189 e. The van der Waals surface area contributed by atoms with Crippen LogP contribution in [0.4, 0.5) is 0 Å². The molecular weight excluding hydrogens is 436 g/mol. The fourth-order valence-electron chi connectivity index (χ4n) is 1.67. The summed E-state index contributed by atoms with van der Waals surface area (Å²) in [5, 5.41) is 4.28. The maximum absolute atomic E-state index is 6.15. The highest BCUT2D eigenvalue weighted by Gasteiger charge is 2.10. The van der Waals surface area contributed by atoms with E-state index < -0.39 is 0 Å². The highest BCUT2D eigenvalue weighted by molar-refractivity contribution is 14.0. The molecule has 0 aliphatic heterocycles. The molecule has 0 heterocycles. The number of nitrogens with zero attached hydrogens (tertiary/aromatic N) is 1. The first-order valence-corrected chi connectivity index (χ1v) is 7.39. The summed E-state index contributed by atoms with van der Waals surface area (Å²) in [6.07, 6.45) is 0. The smallest absolute Gasteiger partial charge is 0.189 e. The third-order valence-electron chi connectivity index (χ3n) is 2.66. The Morgan fingerprint density at radius 2 is 2.14 bits per heavy atom. The molecule has 0 aromatic heterocycles. The van der Waals surface area contributed by atoms with E-state index in [-0.39, 0.29) is 30.0 Å². The van der Waals surface area contributed by atoms with Crippen molar-refractivity contribution in [1.82, 2.24) is 5.32 Å². The number of halogens is 3. The first-order valence-electron chi connectivity index (χ1n) is 6.63. The van der Waals surface area contributed by atoms with Crippen molar-refractivity contribution in [2.45, 2.75) is 19.9 Å². The zero-order valence-corrected chi connectivity index (χ0v) is 16.6. The molecule has 1 unspecified atom stereocenters. The van der Waals surface area contributed by atoms with Crippen molar-refractivity contribution in [2.24, 2.45) is 10.7 Å². The lowest BCUT2D eigenvalue weighted by molar-refractivity contribution is 0.164. The molecule has 1 aromatic rings. The zero-order chi connectivity index (χ0) is 15.8. The van der Waals surface area contributed by atoms with Gasteiger partial charge in [-0.25, -0.2) is 0 Å². The Morgan fingerprint density at radius 1 is 1.45 bits per heavy atom. The number of nitrogens with one attached hydrogen (secondary N) is 1. The standard InChI is InChI=1S/C15H21Cl2N3O.HI/c1-10(2)9-21-7-6-19-15(18)20-11(3)13-5-4-12(16)8-14(13)17;/h4-5,8,11H,1,6-7,9H2,2-3H3,(H3,18,19,20);1H. The predicted molar refractivity (Wildman–Crippen MR) is 106 cm³/mol. The van der Waals surface area contributed by atoms with Gasteiger partial charge in [-0.05, 0) is 31.5 Å². The molecule has 0 radical (unpaired) electrons. The quantitative estimate of drug-likeness (QED) is 0.212. The third kappa shape index (κ3) is 8.22. The van der Waals surface area contributed by atoms with E-state index in [1.54, 1.807) is 12.1 Å². The lowest BCUT2D eigenvalue weighted by atomic mass is 10.1. The zero-order valence-electron chi connectivity index (χ0n) is 12.7. The van der Waals surface area contributed by atoms with Gasteiger partial charge in [-0.2, -0.15) is 0 Å². The molecule has 0 bridgehead atoms. The van der Waals surface area contributed by atoms with Gasteiger partial charge in [-0.15, -0.1) is 24.0 Å². The summed E-state index contributed by atoms with van der Waals surface area (Å²) in [6.45, 7) is 9.16. The van der Waals surface area contributed by atoms with Crippen molar-refractivity contribution >= 4 is 53.1 Å². The van der Waals surface area contributed by atoms with Gasteiger partial charge in [0.2, 0.25) is 0 Å². The molecule has 0 amide bonds. The number of hydrogen-bond donors (Lipinski definition) is 2. The fourth-order valence-corrected chi connectivity index (χ4v) is 2.25. The van der Waals surface area contributed by atoms with Gasteiger partial charge in [-0.3, -0.25) is 4.99 Å². The largest absolute Gasteiger partial charge is 0.375 e. The molecule has 124 valence electrons. The topological polar surface area (TPSA) is 59.6 Å². The van der Waals surface area contributed by atoms with Gasteiger partial charge in [0.15, 0.2) is 5.96 Å². The second-order valence-corrected chi connectivity index (χ2v) is 5.65. The second-order valence-electron chi connectivity index (χ2n) is 4.81. The average molecular weight is 458 g/mol. The summed E-state index contributed by atoms with van der Waals surface area (Å²) < 4.78 is 5.34. The van der Waals surface area contributed by atoms with Crippen LogP contribution in [0.25, 0.3) is 0 Å². The molecule has 1 aromatic carbocycles. The Morgan fingerprint density at radius 3 is 2.73 bits per heavy atom. The third-order valence-corrected chi connectivity index (χ3v) is 3.22. The Kier molecular flexibility index (Phi) is 10.8. The molecule has 7 heteroatoms. The number of ether oxygens (including phenoxy) is 1. The molecule has 1 rings (SSSR count). The first-order chi connectivity index (χ1) is 9.90. The Balaban J connectivity index is 0.00000441. The normalized spacial score (nSPS) is 12.5. The number of aliphatic imine (C=N–C) groups is 1. The second kappa shape index (κ2) is 11.1. The van der Waals surface area contributed by atoms with Crippen LogP contribution >= 0.6 is 47.2 Å². The van der Waals surface area contributed by atoms with E-state index in [2.05, 4.69) is 16.9 Å². The summed E-state index contributed by atoms with van der Waals surface area (Å²) >= 11 is 12.0. The van der Waals surface area contributed by atoms with E-state index in [4.69, 9.17) is 33.7 Å². The van der Waals surface area contributed by atoms with Crippen LogP contribution in [0.2, 0.25) is 10.0 Å². The van der Waals surface area contributed by atoms with Crippen LogP contribution in [0.15, 0.2) is 35.3 Å². The monoisotopic (exact) mass is 457 g/mol. The maximum atomic E-state index is 6.15. The van der Waals surface area contributed by atoms with Gasteiger partial charge >= 0.3 is 0 Å². The van der Waals surface area contributed by atoms with Crippen LogP contribution in [0.1, 0.15) is 25.5 Å². The molecule has 0 saturated heterocycles. The number of hydrogen-bond acceptors (Lipinski definition) is 2. The minimum absolute atomic E-state index is 0. The molecule has 4 nitrogen and oxygen atoms in total. The number of benzene rings is 1. The van der Waals surface area contributed by atoms with Gasteiger partial charge in [0.05, 0.1) is 25.8 Å². The van der Waals surface area contributed by atoms with Crippen LogP contribution in [0.3, 0.4) is 0 Å². The van der Waals surface area contributed by atoms with Gasteiger partial charge in [0, 0.05) is 10.0 Å². The Labute approximate surface area is 159 Å². The summed E-state index contributed by atoms with van der Waals surface area (Å²) in [5.74, 6) is 0.354. The van der Waals surface area contributed by atoms with Crippen molar-refractivity contribution < 1.29 is 4.74 Å². The number of nitrogens with two attached hydrogens (primary N) is 1. The van der Waals surface area contributed by atoms with Gasteiger partial charge in [0.1, 0.15) is 0 Å². The van der Waals surface area contributed by atoms with E-state index in [1.165, 1.54) is 0 Å². The highest BCUT2D eigenvalue weighted by Crippen LogP contribution is 2.25. The van der Waals surface area contributed by atoms with Crippen molar-refractivity contribution in [3.05, 3.63) is 46.0 Å². The van der Waals surface area contributed by atoms with Gasteiger partial charge < -0.3 is 15.8 Å². The van der Waals surface area contributed by atoms with E-state index in [1.807, 2.05) is 19.9 Å². The molecule has 0 saturated carbocycles. The fraction of sp³-hybridized carbons (Fsp3) is 0.400. The van der Waals surface area contributed by atoms with E-state index in [9.17, 15) is 0 Å². The molecule has 0 fully saturated rings. The molecular formula is C15H22Cl2IN3O. The average Bonchev–Trinajstić information content (AvgIpc) is 2.37. The number of rotatable bonds is 7. The SMILES string of the molecule is C=C(C)COCCN=C(N)NC(C)c1ccc(Cl)cc1Cl.I. The van der Waals surface area contributed by atoms with Crippen LogP contribution < -0.4 is 11.1 Å². The van der Waals surface area contributed by atoms with Gasteiger partial charge in [-0.1, -0.05) is 41.4 Å². The number of guanidine groups is 1. The lowest BCUT2D eigenvalue weighted by Gasteiger charge is -2.16. The summed E-state index contributed by atoms with van der Waals surface area (Å²) in [6, 6.07) is 5.30. The van der Waals surface area contributed by atoms with Crippen molar-refractivity contribution in [2.75, 3.05) is 19.8 Å². The van der Waals surface area contributed by atoms with Crippen molar-refractivity contribution in [1.29, 1.82) is 0 Å². The van der Waals surface area contributed by atoms with Crippen LogP contribution in [-0.4, -0.2) is 25.7 Å². The summed E-state index contributed by atoms with van der Waals surface area (Å²) in [7, 11) is 0. The Hall–Kier alpha value is -0.500. The molecule has 3 N–H and O–H groups in total. The molecule has 0 aliphatic rings. The van der Waals surface area contributed by atoms with E-state index in [0.717, 1.165) is 11.1 Å². The summed E-state index contributed by atoms with van der Waals surface area (Å²) in [4.78, 5) is 4.19. The van der Waals surface area contributed by atoms with Crippen LogP contribution in [0.5, 0.6) is 0 Å². The first kappa shape index (κ1) is 21.5. The van der Waals surface area contributed by atoms with E-state index in [0.29, 0.717) is 35.8 Å². The molecule has 0 aliphatic carbocycles. The lowest BCUT2D eigenvalue weighted by Crippen LogP contribution is -2.34.